The molecule has 56 valence electrons. The molecule has 0 saturated carbocycles. The molecule has 0 amide bonds. The van der Waals surface area contributed by atoms with Gasteiger partial charge in [-0.25, -0.2) is 0 Å². The topological polar surface area (TPSA) is 54.4 Å². The van der Waals surface area contributed by atoms with Crippen molar-refractivity contribution in [2.24, 2.45) is 0 Å². The number of rotatable bonds is 3. The maximum absolute atomic E-state index is 10.6. The Kier molecular flexibility index (Phi) is 3.39. The van der Waals surface area contributed by atoms with Gasteiger partial charge in [-0.3, -0.25) is 9.59 Å². The molecule has 0 aliphatic rings. The lowest BCUT2D eigenvalue weighted by Gasteiger charge is -1.95. The third-order valence-electron chi connectivity index (χ3n) is 1.14. The van der Waals surface area contributed by atoms with Gasteiger partial charge < -0.3 is 5.11 Å². The van der Waals surface area contributed by atoms with Crippen molar-refractivity contribution < 1.29 is 14.7 Å². The molecule has 10 heavy (non-hydrogen) atoms. The minimum absolute atomic E-state index is 0.175. The largest absolute Gasteiger partial charge is 0.481 e. The lowest BCUT2D eigenvalue weighted by molar-refractivity contribution is -0.136. The van der Waals surface area contributed by atoms with Crippen LogP contribution in [0.15, 0.2) is 11.6 Å². The lowest BCUT2D eigenvalue weighted by atomic mass is 10.1. The van der Waals surface area contributed by atoms with Gasteiger partial charge in [0.15, 0.2) is 5.78 Å². The van der Waals surface area contributed by atoms with Gasteiger partial charge in [0.25, 0.3) is 0 Å². The Morgan fingerprint density at radius 3 is 2.10 bits per heavy atom. The summed E-state index contributed by atoms with van der Waals surface area (Å²) in [7, 11) is 0. The van der Waals surface area contributed by atoms with Crippen LogP contribution in [0.4, 0.5) is 0 Å². The van der Waals surface area contributed by atoms with Gasteiger partial charge in [-0.05, 0) is 13.8 Å². The van der Waals surface area contributed by atoms with Crippen molar-refractivity contribution in [2.75, 3.05) is 0 Å². The van der Waals surface area contributed by atoms with Crippen LogP contribution in [0.2, 0.25) is 0 Å². The van der Waals surface area contributed by atoms with Gasteiger partial charge in [0, 0.05) is 5.57 Å². The standard InChI is InChI=1S/C7H10O3/c1-3-6(5(2)8)4-7(9)10/h3H,4H2,1-2H3,(H,9,10)/b6-3+. The number of Topliss-reactive ketones (excluding diaryl/α,β-unsaturated/α-hetero) is 1. The highest BCUT2D eigenvalue weighted by Crippen LogP contribution is 2.01. The first-order chi connectivity index (χ1) is 4.57. The van der Waals surface area contributed by atoms with Crippen LogP contribution in [0.1, 0.15) is 20.3 Å². The van der Waals surface area contributed by atoms with E-state index in [0.717, 1.165) is 0 Å². The molecule has 0 aromatic rings. The molecule has 0 rings (SSSR count). The first-order valence-electron chi connectivity index (χ1n) is 2.95. The van der Waals surface area contributed by atoms with Gasteiger partial charge in [-0.1, -0.05) is 6.08 Å². The summed E-state index contributed by atoms with van der Waals surface area (Å²) in [5.74, 6) is -1.15. The van der Waals surface area contributed by atoms with E-state index in [-0.39, 0.29) is 12.2 Å². The molecule has 0 aliphatic carbocycles. The second kappa shape index (κ2) is 3.82. The maximum atomic E-state index is 10.6. The van der Waals surface area contributed by atoms with Gasteiger partial charge in [0.1, 0.15) is 0 Å². The average Bonchev–Trinajstić information content (AvgIpc) is 1.81. The summed E-state index contributed by atoms with van der Waals surface area (Å²) in [6.45, 7) is 3.01. The van der Waals surface area contributed by atoms with E-state index in [1.54, 1.807) is 6.92 Å². The number of ketones is 1. The third-order valence-corrected chi connectivity index (χ3v) is 1.14. The van der Waals surface area contributed by atoms with Crippen LogP contribution >= 0.6 is 0 Å². The van der Waals surface area contributed by atoms with E-state index < -0.39 is 5.97 Å². The van der Waals surface area contributed by atoms with Gasteiger partial charge in [0.2, 0.25) is 0 Å². The number of aliphatic carboxylic acids is 1. The highest BCUT2D eigenvalue weighted by Gasteiger charge is 2.06. The SMILES string of the molecule is C/C=C(\CC(=O)O)C(C)=O. The molecule has 0 spiro atoms. The van der Waals surface area contributed by atoms with Crippen LogP contribution in [-0.2, 0) is 9.59 Å². The summed E-state index contributed by atoms with van der Waals surface area (Å²) in [6.07, 6.45) is 1.35. The summed E-state index contributed by atoms with van der Waals surface area (Å²) < 4.78 is 0. The molecule has 0 aromatic heterocycles. The smallest absolute Gasteiger partial charge is 0.307 e. The number of carbonyl (C=O) groups excluding carboxylic acids is 1. The predicted octanol–water partition coefficient (Wildman–Crippen LogP) is 0.996. The molecule has 0 unspecified atom stereocenters. The van der Waals surface area contributed by atoms with E-state index in [1.165, 1.54) is 13.0 Å². The van der Waals surface area contributed by atoms with Crippen LogP contribution in [0.3, 0.4) is 0 Å². The van der Waals surface area contributed by atoms with E-state index in [4.69, 9.17) is 5.11 Å². The number of hydrogen-bond acceptors (Lipinski definition) is 2. The molecule has 0 fully saturated rings. The van der Waals surface area contributed by atoms with Crippen molar-refractivity contribution in [3.05, 3.63) is 11.6 Å². The summed E-state index contributed by atoms with van der Waals surface area (Å²) in [6, 6.07) is 0. The third kappa shape index (κ3) is 3.02. The Bertz CT molecular complexity index is 179. The van der Waals surface area contributed by atoms with E-state index in [2.05, 4.69) is 0 Å². The van der Waals surface area contributed by atoms with Crippen molar-refractivity contribution in [1.82, 2.24) is 0 Å². The van der Waals surface area contributed by atoms with E-state index >= 15 is 0 Å². The highest BCUT2D eigenvalue weighted by atomic mass is 16.4. The molecular formula is C7H10O3. The van der Waals surface area contributed by atoms with Gasteiger partial charge >= 0.3 is 5.97 Å². The van der Waals surface area contributed by atoms with Crippen molar-refractivity contribution in [3.8, 4) is 0 Å². The number of carboxylic acids is 1. The second-order valence-electron chi connectivity index (χ2n) is 1.94. The summed E-state index contributed by atoms with van der Waals surface area (Å²) in [5.41, 5.74) is 0.354. The Labute approximate surface area is 59.4 Å². The molecule has 0 heterocycles. The summed E-state index contributed by atoms with van der Waals surface area (Å²) >= 11 is 0. The number of hydrogen-bond donors (Lipinski definition) is 1. The van der Waals surface area contributed by atoms with Gasteiger partial charge in [-0.2, -0.15) is 0 Å². The Hall–Kier alpha value is -1.12. The van der Waals surface area contributed by atoms with Crippen LogP contribution in [0.5, 0.6) is 0 Å². The Balaban J connectivity index is 4.12. The zero-order chi connectivity index (χ0) is 8.15. The Morgan fingerprint density at radius 1 is 1.50 bits per heavy atom. The summed E-state index contributed by atoms with van der Waals surface area (Å²) in [5, 5.41) is 8.27. The molecule has 0 saturated heterocycles. The fourth-order valence-electron chi connectivity index (χ4n) is 0.593. The number of allylic oxidation sites excluding steroid dienone is 1. The van der Waals surface area contributed by atoms with Crippen molar-refractivity contribution in [1.29, 1.82) is 0 Å². The van der Waals surface area contributed by atoms with E-state index in [0.29, 0.717) is 5.57 Å². The van der Waals surface area contributed by atoms with Crippen LogP contribution in [0, 0.1) is 0 Å². The van der Waals surface area contributed by atoms with Crippen molar-refractivity contribution >= 4 is 11.8 Å². The maximum Gasteiger partial charge on any atom is 0.307 e. The lowest BCUT2D eigenvalue weighted by Crippen LogP contribution is -2.03. The summed E-state index contributed by atoms with van der Waals surface area (Å²) in [4.78, 5) is 20.7. The number of carbonyl (C=O) groups is 2. The van der Waals surface area contributed by atoms with Crippen molar-refractivity contribution in [3.63, 3.8) is 0 Å². The molecule has 0 bridgehead atoms. The first kappa shape index (κ1) is 8.88. The van der Waals surface area contributed by atoms with Crippen LogP contribution < -0.4 is 0 Å². The predicted molar refractivity (Wildman–Crippen MR) is 36.7 cm³/mol. The minimum atomic E-state index is -0.969. The van der Waals surface area contributed by atoms with Gasteiger partial charge in [-0.15, -0.1) is 0 Å². The monoisotopic (exact) mass is 142 g/mol. The van der Waals surface area contributed by atoms with E-state index in [9.17, 15) is 9.59 Å². The van der Waals surface area contributed by atoms with Crippen LogP contribution in [0.25, 0.3) is 0 Å². The molecule has 3 heteroatoms. The zero-order valence-electron chi connectivity index (χ0n) is 6.05. The average molecular weight is 142 g/mol. The molecule has 1 N–H and O–H groups in total. The molecule has 0 atom stereocenters. The quantitative estimate of drug-likeness (QED) is 0.598. The fraction of sp³-hybridized carbons (Fsp3) is 0.429. The molecule has 0 aromatic carbocycles. The molecule has 0 radical (unpaired) electrons. The normalized spacial score (nSPS) is 11.2. The number of carboxylic acid groups (broad SMARTS) is 1. The van der Waals surface area contributed by atoms with Crippen LogP contribution in [-0.4, -0.2) is 16.9 Å². The minimum Gasteiger partial charge on any atom is -0.481 e. The second-order valence-corrected chi connectivity index (χ2v) is 1.94. The molecule has 3 nitrogen and oxygen atoms in total. The van der Waals surface area contributed by atoms with E-state index in [1.807, 2.05) is 0 Å². The zero-order valence-corrected chi connectivity index (χ0v) is 6.05. The first-order valence-corrected chi connectivity index (χ1v) is 2.95. The highest BCUT2D eigenvalue weighted by molar-refractivity contribution is 5.97. The van der Waals surface area contributed by atoms with Gasteiger partial charge in [0.05, 0.1) is 6.42 Å². The Morgan fingerprint density at radius 2 is 2.00 bits per heavy atom. The fourth-order valence-corrected chi connectivity index (χ4v) is 0.593. The molecular weight excluding hydrogens is 132 g/mol. The van der Waals surface area contributed by atoms with Crippen molar-refractivity contribution in [2.45, 2.75) is 20.3 Å². The molecule has 0 aliphatic heterocycles.